The average Bonchev–Trinajstić information content (AvgIpc) is 2.74. The fourth-order valence-electron chi connectivity index (χ4n) is 8.10. The fraction of sp³-hybridized carbons (Fsp3) is 1.00. The van der Waals surface area contributed by atoms with E-state index in [1.54, 1.807) is 0 Å². The minimum absolute atomic E-state index is 0.888. The van der Waals surface area contributed by atoms with Gasteiger partial charge >= 0.3 is 0 Å². The summed E-state index contributed by atoms with van der Waals surface area (Å²) >= 11 is 0. The van der Waals surface area contributed by atoms with Crippen LogP contribution in [0, 0.1) is 41.4 Å². The topological polar surface area (TPSA) is 3.24 Å². The van der Waals surface area contributed by atoms with E-state index in [-0.39, 0.29) is 0 Å². The molecule has 30 heavy (non-hydrogen) atoms. The molecule has 0 aromatic heterocycles. The molecule has 6 unspecified atom stereocenters. The van der Waals surface area contributed by atoms with E-state index in [1.165, 1.54) is 89.9 Å². The van der Waals surface area contributed by atoms with Gasteiger partial charge in [0.05, 0.1) is 0 Å². The molecule has 0 aliphatic heterocycles. The van der Waals surface area contributed by atoms with Crippen molar-refractivity contribution in [2.24, 2.45) is 41.4 Å². The Morgan fingerprint density at radius 3 is 1.23 bits per heavy atom. The second-order valence-corrected chi connectivity index (χ2v) is 12.9. The number of hydrogen-bond acceptors (Lipinski definition) is 1. The molecule has 4 fully saturated rings. The van der Waals surface area contributed by atoms with E-state index in [9.17, 15) is 0 Å². The first-order valence-electron chi connectivity index (χ1n) is 14.2. The second-order valence-electron chi connectivity index (χ2n) is 12.9. The van der Waals surface area contributed by atoms with Crippen molar-refractivity contribution >= 4 is 0 Å². The molecule has 174 valence electrons. The quantitative estimate of drug-likeness (QED) is 0.446. The Balaban J connectivity index is 1.41. The van der Waals surface area contributed by atoms with Crippen LogP contribution in [0.25, 0.3) is 0 Å². The fourth-order valence-corrected chi connectivity index (χ4v) is 8.10. The van der Waals surface area contributed by atoms with Gasteiger partial charge in [0.2, 0.25) is 0 Å². The predicted octanol–water partition coefficient (Wildman–Crippen LogP) is 8.32. The van der Waals surface area contributed by atoms with Crippen molar-refractivity contribution in [3.63, 3.8) is 0 Å². The van der Waals surface area contributed by atoms with E-state index in [0.717, 1.165) is 59.6 Å². The standard InChI is InChI=1S/C29H53N/c1-20-6-10-25(11-7-20)26-12-16-27(17-13-26)30(28-14-8-21(2)23(4)18-28)29-15-9-22(3)24(5)19-29/h20-29H,6-19H2,1-5H3. The first-order valence-corrected chi connectivity index (χ1v) is 14.2. The zero-order valence-corrected chi connectivity index (χ0v) is 21.1. The van der Waals surface area contributed by atoms with Gasteiger partial charge in [0, 0.05) is 18.1 Å². The lowest BCUT2D eigenvalue weighted by Crippen LogP contribution is -2.54. The van der Waals surface area contributed by atoms with Crippen LogP contribution in [0.5, 0.6) is 0 Å². The first-order chi connectivity index (χ1) is 14.4. The summed E-state index contributed by atoms with van der Waals surface area (Å²) in [7, 11) is 0. The number of nitrogens with zero attached hydrogens (tertiary/aromatic N) is 1. The van der Waals surface area contributed by atoms with E-state index >= 15 is 0 Å². The van der Waals surface area contributed by atoms with Gasteiger partial charge in [-0.05, 0) is 118 Å². The third kappa shape index (κ3) is 5.29. The molecule has 0 heterocycles. The summed E-state index contributed by atoms with van der Waals surface area (Å²) in [5.74, 6) is 6.86. The molecule has 0 saturated heterocycles. The normalized spacial score (nSPS) is 48.6. The van der Waals surface area contributed by atoms with Gasteiger partial charge in [0.15, 0.2) is 0 Å². The monoisotopic (exact) mass is 415 g/mol. The van der Waals surface area contributed by atoms with Gasteiger partial charge < -0.3 is 0 Å². The lowest BCUT2D eigenvalue weighted by molar-refractivity contribution is -0.0179. The average molecular weight is 416 g/mol. The highest BCUT2D eigenvalue weighted by molar-refractivity contribution is 4.94. The third-order valence-electron chi connectivity index (χ3n) is 10.9. The minimum atomic E-state index is 0.888. The van der Waals surface area contributed by atoms with Crippen molar-refractivity contribution in [2.75, 3.05) is 0 Å². The molecule has 6 atom stereocenters. The van der Waals surface area contributed by atoms with Crippen LogP contribution in [0.1, 0.15) is 125 Å². The molecular formula is C29H53N. The lowest BCUT2D eigenvalue weighted by atomic mass is 9.69. The Bertz CT molecular complexity index is 486. The smallest absolute Gasteiger partial charge is 0.0104 e. The highest BCUT2D eigenvalue weighted by atomic mass is 15.2. The Labute approximate surface area is 189 Å². The zero-order chi connectivity index (χ0) is 21.3. The molecule has 0 amide bonds. The van der Waals surface area contributed by atoms with Crippen LogP contribution in [0.4, 0.5) is 0 Å². The highest BCUT2D eigenvalue weighted by Gasteiger charge is 2.40. The van der Waals surface area contributed by atoms with E-state index < -0.39 is 0 Å². The minimum Gasteiger partial charge on any atom is -0.294 e. The molecule has 0 N–H and O–H groups in total. The van der Waals surface area contributed by atoms with Gasteiger partial charge in [-0.25, -0.2) is 0 Å². The Morgan fingerprint density at radius 1 is 0.400 bits per heavy atom. The maximum absolute atomic E-state index is 3.18. The maximum atomic E-state index is 3.18. The van der Waals surface area contributed by atoms with Gasteiger partial charge in [0.1, 0.15) is 0 Å². The molecule has 0 spiro atoms. The second kappa shape index (κ2) is 10.3. The molecule has 0 aromatic carbocycles. The molecule has 0 aromatic rings. The van der Waals surface area contributed by atoms with Gasteiger partial charge in [-0.2, -0.15) is 0 Å². The van der Waals surface area contributed by atoms with Gasteiger partial charge in [-0.1, -0.05) is 47.5 Å². The van der Waals surface area contributed by atoms with Crippen LogP contribution in [0.15, 0.2) is 0 Å². The van der Waals surface area contributed by atoms with Crippen molar-refractivity contribution in [1.29, 1.82) is 0 Å². The van der Waals surface area contributed by atoms with Crippen molar-refractivity contribution in [2.45, 2.75) is 143 Å². The van der Waals surface area contributed by atoms with Crippen LogP contribution in [-0.2, 0) is 0 Å². The zero-order valence-electron chi connectivity index (χ0n) is 21.1. The maximum Gasteiger partial charge on any atom is 0.0104 e. The summed E-state index contributed by atoms with van der Waals surface area (Å²) in [6.45, 7) is 12.6. The van der Waals surface area contributed by atoms with Crippen LogP contribution in [0.2, 0.25) is 0 Å². The Kier molecular flexibility index (Phi) is 7.92. The van der Waals surface area contributed by atoms with Crippen LogP contribution >= 0.6 is 0 Å². The van der Waals surface area contributed by atoms with Crippen LogP contribution < -0.4 is 0 Å². The lowest BCUT2D eigenvalue weighted by Gasteiger charge is -2.51. The molecule has 1 heteroatoms. The highest BCUT2D eigenvalue weighted by Crippen LogP contribution is 2.44. The largest absolute Gasteiger partial charge is 0.294 e. The molecule has 4 aliphatic rings. The van der Waals surface area contributed by atoms with E-state index in [0.29, 0.717) is 0 Å². The summed E-state index contributed by atoms with van der Waals surface area (Å²) < 4.78 is 0. The molecule has 4 aliphatic carbocycles. The molecule has 1 nitrogen and oxygen atoms in total. The summed E-state index contributed by atoms with van der Waals surface area (Å²) in [5.41, 5.74) is 0. The van der Waals surface area contributed by atoms with E-state index in [1.807, 2.05) is 0 Å². The van der Waals surface area contributed by atoms with Crippen molar-refractivity contribution < 1.29 is 0 Å². The number of hydrogen-bond donors (Lipinski definition) is 0. The first kappa shape index (κ1) is 23.1. The third-order valence-corrected chi connectivity index (χ3v) is 10.9. The SMILES string of the molecule is CC1CCC(C2CCC(N(C3CCC(C)C(C)C3)C3CCC(C)C(C)C3)CC2)CC1. The van der Waals surface area contributed by atoms with Gasteiger partial charge in [-0.15, -0.1) is 0 Å². The van der Waals surface area contributed by atoms with Crippen LogP contribution in [-0.4, -0.2) is 23.0 Å². The summed E-state index contributed by atoms with van der Waals surface area (Å²) in [6, 6.07) is 2.68. The summed E-state index contributed by atoms with van der Waals surface area (Å²) in [4.78, 5) is 3.18. The number of rotatable bonds is 4. The molecule has 4 saturated carbocycles. The van der Waals surface area contributed by atoms with Crippen molar-refractivity contribution in [3.8, 4) is 0 Å². The molecule has 4 rings (SSSR count). The van der Waals surface area contributed by atoms with E-state index in [2.05, 4.69) is 39.5 Å². The molecule has 0 radical (unpaired) electrons. The summed E-state index contributed by atoms with van der Waals surface area (Å²) in [6.07, 6.45) is 21.0. The van der Waals surface area contributed by atoms with Crippen LogP contribution in [0.3, 0.4) is 0 Å². The van der Waals surface area contributed by atoms with Crippen molar-refractivity contribution in [3.05, 3.63) is 0 Å². The van der Waals surface area contributed by atoms with E-state index in [4.69, 9.17) is 0 Å². The van der Waals surface area contributed by atoms with Gasteiger partial charge in [-0.3, -0.25) is 4.90 Å². The molecular weight excluding hydrogens is 362 g/mol. The Hall–Kier alpha value is -0.0400. The Morgan fingerprint density at radius 2 is 0.800 bits per heavy atom. The predicted molar refractivity (Wildman–Crippen MR) is 131 cm³/mol. The van der Waals surface area contributed by atoms with Gasteiger partial charge in [0.25, 0.3) is 0 Å². The summed E-state index contributed by atoms with van der Waals surface area (Å²) in [5, 5.41) is 0. The molecule has 0 bridgehead atoms. The van der Waals surface area contributed by atoms with Crippen molar-refractivity contribution in [1.82, 2.24) is 4.90 Å².